The van der Waals surface area contributed by atoms with E-state index in [4.69, 9.17) is 5.11 Å². The van der Waals surface area contributed by atoms with Gasteiger partial charge in [0.2, 0.25) is 0 Å². The van der Waals surface area contributed by atoms with E-state index >= 15 is 0 Å². The molecule has 13 heavy (non-hydrogen) atoms. The first kappa shape index (κ1) is 10.4. The molecule has 0 amide bonds. The van der Waals surface area contributed by atoms with Gasteiger partial charge in [-0.15, -0.1) is 0 Å². The molecule has 0 bridgehead atoms. The van der Waals surface area contributed by atoms with E-state index in [2.05, 4.69) is 16.9 Å². The van der Waals surface area contributed by atoms with Gasteiger partial charge in [0, 0.05) is 0 Å². The van der Waals surface area contributed by atoms with Crippen molar-refractivity contribution in [2.75, 3.05) is 0 Å². The number of carboxylic acids is 1. The maximum absolute atomic E-state index is 10.5. The number of hydrogen-bond donors (Lipinski definition) is 1. The van der Waals surface area contributed by atoms with E-state index in [1.54, 1.807) is 0 Å². The van der Waals surface area contributed by atoms with Crippen LogP contribution in [0.4, 0.5) is 0 Å². The van der Waals surface area contributed by atoms with Gasteiger partial charge in [0.05, 0.1) is 0 Å². The molecule has 0 aromatic heterocycles. The number of hydrogen-bond acceptors (Lipinski definition) is 3. The van der Waals surface area contributed by atoms with Crippen LogP contribution in [0.5, 0.6) is 0 Å². The summed E-state index contributed by atoms with van der Waals surface area (Å²) in [7, 11) is 0. The number of carbonyl (C=O) groups is 1. The molecule has 0 aliphatic rings. The molecule has 1 aromatic carbocycles. The Morgan fingerprint density at radius 3 is 2.54 bits per heavy atom. The zero-order valence-corrected chi connectivity index (χ0v) is 8.95. The Bertz CT molecular complexity index is 345. The molecule has 1 rings (SSSR count). The number of carboxylic acid groups (broad SMARTS) is 1. The molecule has 0 fully saturated rings. The fourth-order valence-electron chi connectivity index (χ4n) is 0.803. The van der Waals surface area contributed by atoms with E-state index in [1.165, 1.54) is 12.1 Å². The van der Waals surface area contributed by atoms with E-state index in [-0.39, 0.29) is 10.5 Å². The van der Waals surface area contributed by atoms with Crippen molar-refractivity contribution in [2.45, 2.75) is 4.90 Å². The average Bonchev–Trinajstić information content (AvgIpc) is 2.03. The molecular formula is C7H4AsO4S-. The third-order valence-corrected chi connectivity index (χ3v) is 2.49. The van der Waals surface area contributed by atoms with Crippen LogP contribution in [0.25, 0.3) is 0 Å². The minimum absolute atomic E-state index is 0.0180. The van der Waals surface area contributed by atoms with Crippen LogP contribution >= 0.6 is 0 Å². The molecule has 1 atom stereocenters. The van der Waals surface area contributed by atoms with Crippen molar-refractivity contribution in [1.82, 2.24) is 0 Å². The van der Waals surface area contributed by atoms with Gasteiger partial charge in [0.1, 0.15) is 0 Å². The Kier molecular flexibility index (Phi) is 3.25. The van der Waals surface area contributed by atoms with Crippen LogP contribution in [-0.2, 0) is 11.1 Å². The summed E-state index contributed by atoms with van der Waals surface area (Å²) >= 11 is -0.291. The van der Waals surface area contributed by atoms with Crippen molar-refractivity contribution in [3.63, 3.8) is 0 Å². The van der Waals surface area contributed by atoms with Crippen molar-refractivity contribution in [1.29, 1.82) is 0 Å². The quantitative estimate of drug-likeness (QED) is 0.569. The van der Waals surface area contributed by atoms with Crippen LogP contribution in [0.3, 0.4) is 0 Å². The van der Waals surface area contributed by atoms with Gasteiger partial charge in [-0.05, 0) is 0 Å². The summed E-state index contributed by atoms with van der Waals surface area (Å²) in [6, 6.07) is 3.89. The van der Waals surface area contributed by atoms with E-state index in [1.807, 2.05) is 0 Å². The summed E-state index contributed by atoms with van der Waals surface area (Å²) in [6.45, 7) is 0. The summed E-state index contributed by atoms with van der Waals surface area (Å²) in [5, 5.41) is 8.61. The summed E-state index contributed by atoms with van der Waals surface area (Å²) in [4.78, 5) is 10.5. The first-order valence-corrected chi connectivity index (χ1v) is 5.18. The molecular weight excluding hydrogens is 255 g/mol. The molecule has 0 heterocycles. The summed E-state index contributed by atoms with van der Waals surface area (Å²) in [5.41, 5.74) is -0.0303. The number of rotatable bonds is 2. The second-order valence-electron chi connectivity index (χ2n) is 2.26. The van der Waals surface area contributed by atoms with E-state index in [0.717, 1.165) is 6.07 Å². The fourth-order valence-corrected chi connectivity index (χ4v) is 2.02. The van der Waals surface area contributed by atoms with E-state index in [0.29, 0.717) is 4.35 Å². The maximum atomic E-state index is 10.5. The molecule has 1 unspecified atom stereocenters. The van der Waals surface area contributed by atoms with Crippen LogP contribution in [0.15, 0.2) is 23.1 Å². The molecule has 0 saturated carbocycles. The Morgan fingerprint density at radius 1 is 1.46 bits per heavy atom. The van der Waals surface area contributed by atoms with Crippen molar-refractivity contribution in [2.24, 2.45) is 0 Å². The van der Waals surface area contributed by atoms with Crippen molar-refractivity contribution < 1.29 is 18.7 Å². The fraction of sp³-hybridized carbons (Fsp3) is 0. The molecule has 68 valence electrons. The van der Waals surface area contributed by atoms with Crippen LogP contribution in [0, 0.1) is 0 Å². The first-order chi connectivity index (χ1) is 6.00. The van der Waals surface area contributed by atoms with Crippen LogP contribution in [-0.4, -0.2) is 36.7 Å². The Morgan fingerprint density at radius 2 is 2.08 bits per heavy atom. The van der Waals surface area contributed by atoms with Crippen molar-refractivity contribution in [3.8, 4) is 0 Å². The zero-order chi connectivity index (χ0) is 10.0. The normalized spacial score (nSPS) is 12.5. The van der Waals surface area contributed by atoms with Crippen LogP contribution in [0.1, 0.15) is 10.4 Å². The average molecular weight is 259 g/mol. The summed E-state index contributed by atoms with van der Waals surface area (Å²) < 4.78 is 21.6. The topological polar surface area (TPSA) is 77.4 Å². The second-order valence-corrected chi connectivity index (χ2v) is 4.28. The predicted molar refractivity (Wildman–Crippen MR) is 46.0 cm³/mol. The minimum atomic E-state index is -2.39. The molecule has 0 aliphatic heterocycles. The Balaban J connectivity index is 3.26. The van der Waals surface area contributed by atoms with Gasteiger partial charge in [-0.25, -0.2) is 0 Å². The van der Waals surface area contributed by atoms with Gasteiger partial charge in [0.15, 0.2) is 0 Å². The molecule has 0 saturated heterocycles. The number of benzene rings is 1. The standard InChI is InChI=1S/C7H5AsO4S/c8-5-1-4(7(9)10)2-6(3-5)13(11)12/h1-3H,(H,9,10)(H,11,12)/p-1. The van der Waals surface area contributed by atoms with Crippen LogP contribution < -0.4 is 4.35 Å². The molecule has 1 N–H and O–H groups in total. The van der Waals surface area contributed by atoms with Gasteiger partial charge in [-0.3, -0.25) is 0 Å². The van der Waals surface area contributed by atoms with Gasteiger partial charge in [0.25, 0.3) is 0 Å². The Labute approximate surface area is 85.8 Å². The van der Waals surface area contributed by atoms with Gasteiger partial charge in [-0.1, -0.05) is 0 Å². The second kappa shape index (κ2) is 4.04. The van der Waals surface area contributed by atoms with E-state index < -0.39 is 17.0 Å². The molecule has 4 nitrogen and oxygen atoms in total. The van der Waals surface area contributed by atoms with E-state index in [9.17, 15) is 13.6 Å². The third kappa shape index (κ3) is 2.65. The number of aromatic carboxylic acids is 1. The van der Waals surface area contributed by atoms with Crippen molar-refractivity contribution in [3.05, 3.63) is 23.8 Å². The summed E-state index contributed by atoms with van der Waals surface area (Å²) in [5.74, 6) is -1.14. The predicted octanol–water partition coefficient (Wildman–Crippen LogP) is -0.583. The molecule has 2 radical (unpaired) electrons. The van der Waals surface area contributed by atoms with Gasteiger partial charge >= 0.3 is 85.6 Å². The molecule has 0 aliphatic carbocycles. The molecule has 1 aromatic rings. The monoisotopic (exact) mass is 259 g/mol. The first-order valence-electron chi connectivity index (χ1n) is 3.17. The van der Waals surface area contributed by atoms with Crippen molar-refractivity contribution >= 4 is 38.3 Å². The Hall–Kier alpha value is -0.642. The SMILES string of the molecule is O=C(O)c1cc([As])cc(S(=O)[O-])c1. The van der Waals surface area contributed by atoms with Crippen LogP contribution in [0.2, 0.25) is 0 Å². The third-order valence-electron chi connectivity index (χ3n) is 1.33. The molecule has 0 spiro atoms. The summed E-state index contributed by atoms with van der Waals surface area (Å²) in [6.07, 6.45) is 0. The van der Waals surface area contributed by atoms with Gasteiger partial charge < -0.3 is 0 Å². The van der Waals surface area contributed by atoms with Gasteiger partial charge in [-0.2, -0.15) is 0 Å². The molecule has 6 heteroatoms. The zero-order valence-electron chi connectivity index (χ0n) is 6.26.